The minimum atomic E-state index is -0.399. The molecule has 154 valence electrons. The summed E-state index contributed by atoms with van der Waals surface area (Å²) in [7, 11) is 1.92. The number of nitrogens with one attached hydrogen (secondary N) is 1. The van der Waals surface area contributed by atoms with E-state index in [1.54, 1.807) is 0 Å². The largest absolute Gasteiger partial charge is 0.368 e. The van der Waals surface area contributed by atoms with Crippen molar-refractivity contribution in [3.8, 4) is 0 Å². The van der Waals surface area contributed by atoms with Gasteiger partial charge in [-0.1, -0.05) is 55.5 Å². The molecule has 6 heteroatoms. The summed E-state index contributed by atoms with van der Waals surface area (Å²) >= 11 is 0. The molecule has 1 unspecified atom stereocenters. The van der Waals surface area contributed by atoms with Gasteiger partial charge in [-0.25, -0.2) is 0 Å². The molecule has 29 heavy (non-hydrogen) atoms. The summed E-state index contributed by atoms with van der Waals surface area (Å²) in [5.74, 6) is -0.172. The number of para-hydroxylation sites is 1. The molecule has 1 heterocycles. The number of piperazine rings is 1. The predicted octanol–water partition coefficient (Wildman–Crippen LogP) is 2.14. The molecule has 0 radical (unpaired) electrons. The Morgan fingerprint density at radius 3 is 2.14 bits per heavy atom. The second-order valence-corrected chi connectivity index (χ2v) is 7.31. The van der Waals surface area contributed by atoms with E-state index in [0.29, 0.717) is 13.1 Å². The van der Waals surface area contributed by atoms with E-state index in [4.69, 9.17) is 0 Å². The highest BCUT2D eigenvalue weighted by Gasteiger charge is 2.26. The predicted molar refractivity (Wildman–Crippen MR) is 116 cm³/mol. The molecule has 6 nitrogen and oxygen atoms in total. The first-order valence-electron chi connectivity index (χ1n) is 10.2. The Morgan fingerprint density at radius 2 is 1.55 bits per heavy atom. The summed E-state index contributed by atoms with van der Waals surface area (Å²) in [4.78, 5) is 31.6. The van der Waals surface area contributed by atoms with Crippen molar-refractivity contribution < 1.29 is 9.59 Å². The number of hydrogen-bond acceptors (Lipinski definition) is 4. The maximum absolute atomic E-state index is 12.8. The SMILES string of the molecule is CCN(C)C(C(=O)NCC(=O)N1CCN(c2ccccc2)CC1)c1ccccc1. The first-order valence-corrected chi connectivity index (χ1v) is 10.2. The third-order valence-electron chi connectivity index (χ3n) is 5.47. The lowest BCUT2D eigenvalue weighted by Gasteiger charge is -2.36. The summed E-state index contributed by atoms with van der Waals surface area (Å²) in [6.45, 7) is 5.72. The molecular weight excluding hydrogens is 364 g/mol. The first-order chi connectivity index (χ1) is 14.1. The summed E-state index contributed by atoms with van der Waals surface area (Å²) in [6.07, 6.45) is 0. The molecule has 0 spiro atoms. The molecule has 1 saturated heterocycles. The van der Waals surface area contributed by atoms with Gasteiger partial charge in [0.2, 0.25) is 11.8 Å². The molecule has 0 saturated carbocycles. The molecule has 2 aromatic rings. The first kappa shape index (κ1) is 20.9. The number of rotatable bonds is 7. The Bertz CT molecular complexity index is 789. The summed E-state index contributed by atoms with van der Waals surface area (Å²) in [6, 6.07) is 19.5. The molecule has 1 atom stereocenters. The number of benzene rings is 2. The van der Waals surface area contributed by atoms with Gasteiger partial charge in [0.1, 0.15) is 6.04 Å². The van der Waals surface area contributed by atoms with Crippen molar-refractivity contribution in [1.82, 2.24) is 15.1 Å². The lowest BCUT2D eigenvalue weighted by atomic mass is 10.0. The Balaban J connectivity index is 1.52. The highest BCUT2D eigenvalue weighted by Crippen LogP contribution is 2.19. The summed E-state index contributed by atoms with van der Waals surface area (Å²) in [5, 5.41) is 2.85. The number of nitrogens with zero attached hydrogens (tertiary/aromatic N) is 3. The van der Waals surface area contributed by atoms with E-state index >= 15 is 0 Å². The Morgan fingerprint density at radius 1 is 0.966 bits per heavy atom. The van der Waals surface area contributed by atoms with Crippen molar-refractivity contribution in [1.29, 1.82) is 0 Å². The van der Waals surface area contributed by atoms with E-state index in [-0.39, 0.29) is 18.4 Å². The van der Waals surface area contributed by atoms with Crippen molar-refractivity contribution in [2.45, 2.75) is 13.0 Å². The van der Waals surface area contributed by atoms with Crippen LogP contribution in [-0.2, 0) is 9.59 Å². The summed E-state index contributed by atoms with van der Waals surface area (Å²) < 4.78 is 0. The topological polar surface area (TPSA) is 55.9 Å². The van der Waals surface area contributed by atoms with Crippen LogP contribution in [0.25, 0.3) is 0 Å². The number of amides is 2. The van der Waals surface area contributed by atoms with Crippen LogP contribution in [0.5, 0.6) is 0 Å². The minimum absolute atomic E-state index is 0.0305. The van der Waals surface area contributed by atoms with Gasteiger partial charge in [0.25, 0.3) is 0 Å². The van der Waals surface area contributed by atoms with Crippen molar-refractivity contribution in [3.63, 3.8) is 0 Å². The molecule has 3 rings (SSSR count). The number of likely N-dealkylation sites (N-methyl/N-ethyl adjacent to an activating group) is 1. The van der Waals surface area contributed by atoms with Crippen LogP contribution in [0.3, 0.4) is 0 Å². The molecule has 1 aliphatic rings. The van der Waals surface area contributed by atoms with Crippen molar-refractivity contribution in [2.24, 2.45) is 0 Å². The maximum atomic E-state index is 12.8. The molecule has 1 N–H and O–H groups in total. The molecule has 2 aromatic carbocycles. The zero-order valence-corrected chi connectivity index (χ0v) is 17.3. The van der Waals surface area contributed by atoms with Crippen molar-refractivity contribution in [2.75, 3.05) is 51.2 Å². The van der Waals surface area contributed by atoms with Gasteiger partial charge in [0, 0.05) is 31.9 Å². The third kappa shape index (κ3) is 5.35. The van der Waals surface area contributed by atoms with E-state index in [2.05, 4.69) is 22.3 Å². The minimum Gasteiger partial charge on any atom is -0.368 e. The van der Waals surface area contributed by atoms with E-state index in [0.717, 1.165) is 25.2 Å². The zero-order chi connectivity index (χ0) is 20.6. The molecule has 1 aliphatic heterocycles. The number of hydrogen-bond donors (Lipinski definition) is 1. The van der Waals surface area contributed by atoms with Crippen LogP contribution in [0.2, 0.25) is 0 Å². The standard InChI is InChI=1S/C23H30N4O2/c1-3-25(2)22(19-10-6-4-7-11-19)23(29)24-18-21(28)27-16-14-26(15-17-27)20-12-8-5-9-13-20/h4-13,22H,3,14-18H2,1-2H3,(H,24,29). The molecular formula is C23H30N4O2. The highest BCUT2D eigenvalue weighted by molar-refractivity contribution is 5.88. The van der Waals surface area contributed by atoms with Crippen molar-refractivity contribution in [3.05, 3.63) is 66.2 Å². The van der Waals surface area contributed by atoms with Crippen LogP contribution in [0.15, 0.2) is 60.7 Å². The molecule has 2 amide bonds. The van der Waals surface area contributed by atoms with Gasteiger partial charge in [-0.2, -0.15) is 0 Å². The van der Waals surface area contributed by atoms with E-state index in [9.17, 15) is 9.59 Å². The van der Waals surface area contributed by atoms with Crippen LogP contribution in [0.4, 0.5) is 5.69 Å². The smallest absolute Gasteiger partial charge is 0.242 e. The molecule has 1 fully saturated rings. The molecule has 0 bridgehead atoms. The second-order valence-electron chi connectivity index (χ2n) is 7.31. The Hall–Kier alpha value is -2.86. The van der Waals surface area contributed by atoms with Gasteiger partial charge in [-0.15, -0.1) is 0 Å². The quantitative estimate of drug-likeness (QED) is 0.782. The fraction of sp³-hybridized carbons (Fsp3) is 0.391. The van der Waals surface area contributed by atoms with Crippen LogP contribution in [0.1, 0.15) is 18.5 Å². The van der Waals surface area contributed by atoms with Gasteiger partial charge in [0.05, 0.1) is 6.54 Å². The van der Waals surface area contributed by atoms with E-state index in [1.165, 1.54) is 5.69 Å². The number of carbonyl (C=O) groups excluding carboxylic acids is 2. The van der Waals surface area contributed by atoms with Gasteiger partial charge in [0.15, 0.2) is 0 Å². The Labute approximate surface area is 173 Å². The average Bonchev–Trinajstić information content (AvgIpc) is 2.79. The molecule has 0 aromatic heterocycles. The lowest BCUT2D eigenvalue weighted by Crippen LogP contribution is -2.52. The van der Waals surface area contributed by atoms with Crippen LogP contribution < -0.4 is 10.2 Å². The maximum Gasteiger partial charge on any atom is 0.242 e. The normalized spacial score (nSPS) is 15.3. The second kappa shape index (κ2) is 10.1. The fourth-order valence-corrected chi connectivity index (χ4v) is 3.65. The van der Waals surface area contributed by atoms with E-state index < -0.39 is 6.04 Å². The Kier molecular flexibility index (Phi) is 7.25. The number of carbonyl (C=O) groups is 2. The summed E-state index contributed by atoms with van der Waals surface area (Å²) in [5.41, 5.74) is 2.11. The fourth-order valence-electron chi connectivity index (χ4n) is 3.65. The van der Waals surface area contributed by atoms with Gasteiger partial charge in [-0.3, -0.25) is 14.5 Å². The van der Waals surface area contributed by atoms with Crippen molar-refractivity contribution >= 4 is 17.5 Å². The van der Waals surface area contributed by atoms with Crippen LogP contribution in [0, 0.1) is 0 Å². The van der Waals surface area contributed by atoms with Gasteiger partial charge in [-0.05, 0) is 31.3 Å². The lowest BCUT2D eigenvalue weighted by molar-refractivity contribution is -0.134. The van der Waals surface area contributed by atoms with Crippen LogP contribution >= 0.6 is 0 Å². The monoisotopic (exact) mass is 394 g/mol. The average molecular weight is 395 g/mol. The third-order valence-corrected chi connectivity index (χ3v) is 5.47. The van der Waals surface area contributed by atoms with E-state index in [1.807, 2.05) is 72.3 Å². The highest BCUT2D eigenvalue weighted by atomic mass is 16.2. The number of anilines is 1. The van der Waals surface area contributed by atoms with Gasteiger partial charge < -0.3 is 15.1 Å². The molecule has 0 aliphatic carbocycles. The zero-order valence-electron chi connectivity index (χ0n) is 17.3. The van der Waals surface area contributed by atoms with Gasteiger partial charge >= 0.3 is 0 Å². The van der Waals surface area contributed by atoms with Crippen LogP contribution in [-0.4, -0.2) is 67.9 Å².